The average Bonchev–Trinajstić information content (AvgIpc) is 2.84. The van der Waals surface area contributed by atoms with Gasteiger partial charge >= 0.3 is 0 Å². The maximum absolute atomic E-state index is 13.0. The molecule has 0 saturated heterocycles. The number of methoxy groups -OCH3 is 1. The number of ether oxygens (including phenoxy) is 1. The van der Waals surface area contributed by atoms with Crippen molar-refractivity contribution in [3.05, 3.63) is 106 Å². The quantitative estimate of drug-likeness (QED) is 0.377. The van der Waals surface area contributed by atoms with Crippen LogP contribution in [0.3, 0.4) is 0 Å². The van der Waals surface area contributed by atoms with Gasteiger partial charge in [-0.3, -0.25) is 9.59 Å². The van der Waals surface area contributed by atoms with Gasteiger partial charge in [-0.2, -0.15) is 10.2 Å². The molecular weight excluding hydrogens is 404 g/mol. The number of benzene rings is 3. The van der Waals surface area contributed by atoms with E-state index in [2.05, 4.69) is 15.6 Å². The zero-order chi connectivity index (χ0) is 22.5. The lowest BCUT2D eigenvalue weighted by Crippen LogP contribution is -2.29. The maximum Gasteiger partial charge on any atom is 0.292 e. The summed E-state index contributed by atoms with van der Waals surface area (Å²) in [7, 11) is 1.60. The molecule has 0 aliphatic carbocycles. The molecule has 0 aliphatic rings. The van der Waals surface area contributed by atoms with Crippen molar-refractivity contribution in [2.75, 3.05) is 7.11 Å². The Kier molecular flexibility index (Phi) is 6.07. The zero-order valence-corrected chi connectivity index (χ0v) is 17.8. The summed E-state index contributed by atoms with van der Waals surface area (Å²) in [6.45, 7) is 2.06. The van der Waals surface area contributed by atoms with E-state index in [4.69, 9.17) is 4.74 Å². The number of amides is 1. The van der Waals surface area contributed by atoms with Crippen molar-refractivity contribution >= 4 is 22.4 Å². The highest BCUT2D eigenvalue weighted by atomic mass is 16.5. The van der Waals surface area contributed by atoms with Crippen molar-refractivity contribution in [2.24, 2.45) is 5.10 Å². The van der Waals surface area contributed by atoms with E-state index in [0.717, 1.165) is 16.9 Å². The van der Waals surface area contributed by atoms with Crippen LogP contribution in [0.2, 0.25) is 0 Å². The summed E-state index contributed by atoms with van der Waals surface area (Å²) in [6, 6.07) is 23.8. The molecule has 32 heavy (non-hydrogen) atoms. The molecule has 7 nitrogen and oxygen atoms in total. The van der Waals surface area contributed by atoms with Crippen LogP contribution in [-0.4, -0.2) is 28.5 Å². The number of carbonyl (C=O) groups excluding carboxylic acids is 1. The number of hydrogen-bond donors (Lipinski definition) is 1. The van der Waals surface area contributed by atoms with E-state index < -0.39 is 5.91 Å². The predicted molar refractivity (Wildman–Crippen MR) is 124 cm³/mol. The topological polar surface area (TPSA) is 85.6 Å². The van der Waals surface area contributed by atoms with Crippen LogP contribution in [0.5, 0.6) is 5.75 Å². The van der Waals surface area contributed by atoms with Crippen molar-refractivity contribution < 1.29 is 9.53 Å². The second-order valence-electron chi connectivity index (χ2n) is 7.21. The van der Waals surface area contributed by atoms with Crippen LogP contribution in [0, 0.1) is 0 Å². The molecule has 1 heterocycles. The van der Waals surface area contributed by atoms with Crippen molar-refractivity contribution in [1.29, 1.82) is 0 Å². The molecule has 4 aromatic rings. The van der Waals surface area contributed by atoms with Gasteiger partial charge in [0.2, 0.25) is 0 Å². The summed E-state index contributed by atoms with van der Waals surface area (Å²) in [4.78, 5) is 25.9. The standard InChI is InChI=1S/C25H22N4O3/c1-17(19-12-14-20(32-2)15-13-19)26-27-24(30)23-21-10-6-7-11-22(21)25(31)29(28-23)16-18-8-4-3-5-9-18/h3-15H,16H2,1-2H3,(H,27,30)/b26-17-. The lowest BCUT2D eigenvalue weighted by atomic mass is 10.1. The van der Waals surface area contributed by atoms with E-state index in [0.29, 0.717) is 16.5 Å². The highest BCUT2D eigenvalue weighted by Crippen LogP contribution is 2.15. The van der Waals surface area contributed by atoms with Crippen molar-refractivity contribution in [3.8, 4) is 5.75 Å². The minimum atomic E-state index is -0.490. The van der Waals surface area contributed by atoms with Crippen molar-refractivity contribution in [2.45, 2.75) is 13.5 Å². The van der Waals surface area contributed by atoms with E-state index in [9.17, 15) is 9.59 Å². The number of hydrogen-bond acceptors (Lipinski definition) is 5. The van der Waals surface area contributed by atoms with Crippen LogP contribution in [0.1, 0.15) is 28.5 Å². The van der Waals surface area contributed by atoms with Crippen molar-refractivity contribution in [3.63, 3.8) is 0 Å². The molecule has 0 saturated carbocycles. The summed E-state index contributed by atoms with van der Waals surface area (Å²) < 4.78 is 6.48. The van der Waals surface area contributed by atoms with Crippen LogP contribution < -0.4 is 15.7 Å². The third kappa shape index (κ3) is 4.41. The molecule has 7 heteroatoms. The van der Waals surface area contributed by atoms with Crippen LogP contribution in [0.15, 0.2) is 88.8 Å². The van der Waals surface area contributed by atoms with Gasteiger partial charge in [0.05, 0.1) is 24.8 Å². The summed E-state index contributed by atoms with van der Waals surface area (Å²) in [5.41, 5.74) is 4.85. The number of nitrogens with one attached hydrogen (secondary N) is 1. The summed E-state index contributed by atoms with van der Waals surface area (Å²) in [6.07, 6.45) is 0. The van der Waals surface area contributed by atoms with Crippen LogP contribution in [0.25, 0.3) is 10.8 Å². The minimum Gasteiger partial charge on any atom is -0.497 e. The van der Waals surface area contributed by atoms with Gasteiger partial charge in [-0.1, -0.05) is 48.5 Å². The monoisotopic (exact) mass is 426 g/mol. The van der Waals surface area contributed by atoms with Crippen LogP contribution in [0.4, 0.5) is 0 Å². The Balaban J connectivity index is 1.67. The Bertz CT molecular complexity index is 1340. The Morgan fingerprint density at radius 2 is 1.62 bits per heavy atom. The Morgan fingerprint density at radius 3 is 2.31 bits per heavy atom. The third-order valence-corrected chi connectivity index (χ3v) is 5.09. The molecule has 1 N–H and O–H groups in total. The van der Waals surface area contributed by atoms with E-state index in [1.165, 1.54) is 4.68 Å². The fourth-order valence-corrected chi connectivity index (χ4v) is 3.35. The summed E-state index contributed by atoms with van der Waals surface area (Å²) in [5, 5.41) is 9.51. The number of hydrazone groups is 1. The number of aromatic nitrogens is 2. The second-order valence-corrected chi connectivity index (χ2v) is 7.21. The van der Waals surface area contributed by atoms with Crippen LogP contribution >= 0.6 is 0 Å². The molecule has 1 aromatic heterocycles. The van der Waals surface area contributed by atoms with Gasteiger partial charge in [-0.05, 0) is 48.4 Å². The number of carbonyl (C=O) groups is 1. The van der Waals surface area contributed by atoms with Gasteiger partial charge in [-0.15, -0.1) is 0 Å². The van der Waals surface area contributed by atoms with Crippen LogP contribution in [-0.2, 0) is 6.54 Å². The van der Waals surface area contributed by atoms with E-state index in [1.807, 2.05) is 54.6 Å². The van der Waals surface area contributed by atoms with Gasteiger partial charge in [0, 0.05) is 5.39 Å². The van der Waals surface area contributed by atoms with E-state index in [1.54, 1.807) is 38.3 Å². The van der Waals surface area contributed by atoms with E-state index in [-0.39, 0.29) is 17.8 Å². The SMILES string of the molecule is COc1ccc(/C(C)=N\NC(=O)c2nn(Cc3ccccc3)c(=O)c3ccccc23)cc1. The highest BCUT2D eigenvalue weighted by Gasteiger charge is 2.17. The smallest absolute Gasteiger partial charge is 0.292 e. The molecule has 4 rings (SSSR count). The Labute approximate surface area is 185 Å². The normalized spacial score (nSPS) is 11.4. The average molecular weight is 426 g/mol. The summed E-state index contributed by atoms with van der Waals surface area (Å²) in [5.74, 6) is 0.248. The number of rotatable bonds is 6. The zero-order valence-electron chi connectivity index (χ0n) is 17.8. The molecule has 0 fully saturated rings. The van der Waals surface area contributed by atoms with Gasteiger partial charge in [0.15, 0.2) is 5.69 Å². The molecule has 0 spiro atoms. The van der Waals surface area contributed by atoms with Gasteiger partial charge in [0.25, 0.3) is 11.5 Å². The second kappa shape index (κ2) is 9.26. The molecule has 160 valence electrons. The largest absolute Gasteiger partial charge is 0.497 e. The molecule has 0 unspecified atom stereocenters. The third-order valence-electron chi connectivity index (χ3n) is 5.09. The lowest BCUT2D eigenvalue weighted by Gasteiger charge is -2.10. The lowest BCUT2D eigenvalue weighted by molar-refractivity contribution is 0.0949. The first-order chi connectivity index (χ1) is 15.6. The number of nitrogens with zero attached hydrogens (tertiary/aromatic N) is 3. The van der Waals surface area contributed by atoms with E-state index >= 15 is 0 Å². The Hall–Kier alpha value is -4.26. The van der Waals surface area contributed by atoms with Gasteiger partial charge < -0.3 is 4.74 Å². The molecule has 1 amide bonds. The molecule has 0 radical (unpaired) electrons. The first kappa shape index (κ1) is 21.0. The molecule has 0 atom stereocenters. The molecule has 0 aliphatic heterocycles. The minimum absolute atomic E-state index is 0.141. The fourth-order valence-electron chi connectivity index (χ4n) is 3.35. The molecule has 0 bridgehead atoms. The fraction of sp³-hybridized carbons (Fsp3) is 0.120. The Morgan fingerprint density at radius 1 is 0.969 bits per heavy atom. The predicted octanol–water partition coefficient (Wildman–Crippen LogP) is 3.61. The number of fused-ring (bicyclic) bond motifs is 1. The maximum atomic E-state index is 13.0. The van der Waals surface area contributed by atoms with Crippen molar-refractivity contribution in [1.82, 2.24) is 15.2 Å². The molecular formula is C25H22N4O3. The van der Waals surface area contributed by atoms with Gasteiger partial charge in [0.1, 0.15) is 5.75 Å². The van der Waals surface area contributed by atoms with Gasteiger partial charge in [-0.25, -0.2) is 10.1 Å². The first-order valence-electron chi connectivity index (χ1n) is 10.1. The first-order valence-corrected chi connectivity index (χ1v) is 10.1. The molecule has 3 aromatic carbocycles. The highest BCUT2D eigenvalue weighted by molar-refractivity contribution is 6.06. The summed E-state index contributed by atoms with van der Waals surface area (Å²) >= 11 is 0.